The van der Waals surface area contributed by atoms with E-state index in [-0.39, 0.29) is 11.9 Å². The normalized spacial score (nSPS) is 12.1. The molecule has 0 saturated heterocycles. The predicted octanol–water partition coefficient (Wildman–Crippen LogP) is 3.99. The van der Waals surface area contributed by atoms with Gasteiger partial charge in [-0.25, -0.2) is 5.43 Å². The van der Waals surface area contributed by atoms with E-state index in [2.05, 4.69) is 15.8 Å². The van der Waals surface area contributed by atoms with E-state index in [0.717, 1.165) is 16.8 Å². The van der Waals surface area contributed by atoms with Crippen molar-refractivity contribution >= 4 is 29.4 Å². The Balaban J connectivity index is 1.95. The van der Waals surface area contributed by atoms with Crippen molar-refractivity contribution in [1.29, 1.82) is 0 Å². The summed E-state index contributed by atoms with van der Waals surface area (Å²) in [4.78, 5) is 12.2. The first-order chi connectivity index (χ1) is 11.1. The van der Waals surface area contributed by atoms with Crippen molar-refractivity contribution in [3.05, 3.63) is 64.7 Å². The SMILES string of the molecule is CC[C@@H](Nc1ccc(Cl)cc1)C(=O)N/N=C\c1ccccc1C. The lowest BCUT2D eigenvalue weighted by Gasteiger charge is -2.16. The summed E-state index contributed by atoms with van der Waals surface area (Å²) < 4.78 is 0. The minimum atomic E-state index is -0.356. The van der Waals surface area contributed by atoms with Crippen LogP contribution in [0.1, 0.15) is 24.5 Å². The molecule has 2 rings (SSSR count). The van der Waals surface area contributed by atoms with Crippen LogP contribution >= 0.6 is 11.6 Å². The summed E-state index contributed by atoms with van der Waals surface area (Å²) >= 11 is 5.86. The van der Waals surface area contributed by atoms with Gasteiger partial charge in [-0.1, -0.05) is 42.8 Å². The fraction of sp³-hybridized carbons (Fsp3) is 0.222. The van der Waals surface area contributed by atoms with Gasteiger partial charge in [0.15, 0.2) is 0 Å². The smallest absolute Gasteiger partial charge is 0.262 e. The van der Waals surface area contributed by atoms with Crippen LogP contribution in [0.25, 0.3) is 0 Å². The molecule has 2 aromatic rings. The van der Waals surface area contributed by atoms with E-state index in [0.29, 0.717) is 11.4 Å². The molecule has 0 radical (unpaired) electrons. The third-order valence-corrected chi connectivity index (χ3v) is 3.73. The third-order valence-electron chi connectivity index (χ3n) is 3.48. The zero-order valence-corrected chi connectivity index (χ0v) is 14.0. The van der Waals surface area contributed by atoms with Crippen molar-refractivity contribution in [2.45, 2.75) is 26.3 Å². The fourth-order valence-corrected chi connectivity index (χ4v) is 2.20. The van der Waals surface area contributed by atoms with Crippen molar-refractivity contribution in [1.82, 2.24) is 5.43 Å². The lowest BCUT2D eigenvalue weighted by Crippen LogP contribution is -2.36. The Hall–Kier alpha value is -2.33. The summed E-state index contributed by atoms with van der Waals surface area (Å²) in [7, 11) is 0. The number of carbonyl (C=O) groups excluding carboxylic acids is 1. The molecular formula is C18H20ClN3O. The number of hydrogen-bond donors (Lipinski definition) is 2. The number of nitrogens with zero attached hydrogens (tertiary/aromatic N) is 1. The number of anilines is 1. The van der Waals surface area contributed by atoms with Crippen LogP contribution in [0.3, 0.4) is 0 Å². The van der Waals surface area contributed by atoms with Crippen LogP contribution < -0.4 is 10.7 Å². The molecule has 0 fully saturated rings. The molecule has 0 saturated carbocycles. The highest BCUT2D eigenvalue weighted by Crippen LogP contribution is 2.15. The summed E-state index contributed by atoms with van der Waals surface area (Å²) in [5, 5.41) is 7.88. The minimum absolute atomic E-state index is 0.174. The van der Waals surface area contributed by atoms with E-state index in [1.807, 2.05) is 50.2 Å². The predicted molar refractivity (Wildman–Crippen MR) is 96.1 cm³/mol. The second-order valence-corrected chi connectivity index (χ2v) is 5.64. The summed E-state index contributed by atoms with van der Waals surface area (Å²) in [6, 6.07) is 14.8. The molecule has 0 aliphatic heterocycles. The highest BCUT2D eigenvalue weighted by molar-refractivity contribution is 6.30. The lowest BCUT2D eigenvalue weighted by molar-refractivity contribution is -0.121. The largest absolute Gasteiger partial charge is 0.374 e. The first-order valence-corrected chi connectivity index (χ1v) is 7.88. The maximum Gasteiger partial charge on any atom is 0.262 e. The number of aryl methyl sites for hydroxylation is 1. The summed E-state index contributed by atoms with van der Waals surface area (Å²) in [5.41, 5.74) is 5.52. The van der Waals surface area contributed by atoms with Gasteiger partial charge in [0.25, 0.3) is 5.91 Å². The van der Waals surface area contributed by atoms with Crippen molar-refractivity contribution in [2.75, 3.05) is 5.32 Å². The van der Waals surface area contributed by atoms with Gasteiger partial charge in [-0.05, 0) is 48.7 Å². The number of halogens is 1. The highest BCUT2D eigenvalue weighted by Gasteiger charge is 2.15. The molecule has 0 aliphatic carbocycles. The quantitative estimate of drug-likeness (QED) is 0.622. The van der Waals surface area contributed by atoms with Gasteiger partial charge in [-0.15, -0.1) is 0 Å². The maximum atomic E-state index is 12.2. The average Bonchev–Trinajstić information content (AvgIpc) is 2.56. The molecule has 0 heterocycles. The van der Waals surface area contributed by atoms with Crippen LogP contribution in [0.4, 0.5) is 5.69 Å². The molecule has 0 bridgehead atoms. The van der Waals surface area contributed by atoms with Crippen molar-refractivity contribution in [3.8, 4) is 0 Å². The van der Waals surface area contributed by atoms with Crippen molar-refractivity contribution in [3.63, 3.8) is 0 Å². The number of nitrogens with one attached hydrogen (secondary N) is 2. The zero-order chi connectivity index (χ0) is 16.7. The van der Waals surface area contributed by atoms with Gasteiger partial charge in [0, 0.05) is 10.7 Å². The molecule has 0 aromatic heterocycles. The molecule has 2 aromatic carbocycles. The van der Waals surface area contributed by atoms with Gasteiger partial charge in [0.2, 0.25) is 0 Å². The Morgan fingerprint density at radius 3 is 2.57 bits per heavy atom. The van der Waals surface area contributed by atoms with Gasteiger partial charge in [-0.2, -0.15) is 5.10 Å². The van der Waals surface area contributed by atoms with Crippen LogP contribution in [-0.2, 0) is 4.79 Å². The Labute approximate surface area is 141 Å². The third kappa shape index (κ3) is 5.11. The number of rotatable bonds is 6. The van der Waals surface area contributed by atoms with E-state index in [9.17, 15) is 4.79 Å². The Kier molecular flexibility index (Phi) is 6.18. The second-order valence-electron chi connectivity index (χ2n) is 5.20. The summed E-state index contributed by atoms with van der Waals surface area (Å²) in [6.45, 7) is 3.94. The standard InChI is InChI=1S/C18H20ClN3O/c1-3-17(21-16-10-8-15(19)9-11-16)18(23)22-20-12-14-7-5-4-6-13(14)2/h4-12,17,21H,3H2,1-2H3,(H,22,23)/b20-12-/t17-/m1/s1. The van der Waals surface area contributed by atoms with Crippen LogP contribution in [0, 0.1) is 6.92 Å². The van der Waals surface area contributed by atoms with Crippen molar-refractivity contribution in [2.24, 2.45) is 5.10 Å². The molecule has 0 unspecified atom stereocenters. The Morgan fingerprint density at radius 1 is 1.22 bits per heavy atom. The molecule has 120 valence electrons. The Morgan fingerprint density at radius 2 is 1.91 bits per heavy atom. The number of benzene rings is 2. The molecule has 2 N–H and O–H groups in total. The van der Waals surface area contributed by atoms with E-state index in [1.165, 1.54) is 0 Å². The Bertz CT molecular complexity index is 683. The monoisotopic (exact) mass is 329 g/mol. The van der Waals surface area contributed by atoms with Gasteiger partial charge in [0.05, 0.1) is 6.21 Å². The molecule has 23 heavy (non-hydrogen) atoms. The lowest BCUT2D eigenvalue weighted by atomic mass is 10.1. The second kappa shape index (κ2) is 8.34. The van der Waals surface area contributed by atoms with E-state index < -0.39 is 0 Å². The van der Waals surface area contributed by atoms with Gasteiger partial charge >= 0.3 is 0 Å². The molecule has 5 heteroatoms. The molecule has 4 nitrogen and oxygen atoms in total. The minimum Gasteiger partial charge on any atom is -0.374 e. The number of hydrogen-bond acceptors (Lipinski definition) is 3. The van der Waals surface area contributed by atoms with Gasteiger partial charge in [-0.3, -0.25) is 4.79 Å². The van der Waals surface area contributed by atoms with Gasteiger partial charge < -0.3 is 5.32 Å². The summed E-state index contributed by atoms with van der Waals surface area (Å²) in [5.74, 6) is -0.174. The van der Waals surface area contributed by atoms with Crippen LogP contribution in [-0.4, -0.2) is 18.2 Å². The van der Waals surface area contributed by atoms with Crippen LogP contribution in [0.2, 0.25) is 5.02 Å². The zero-order valence-electron chi connectivity index (χ0n) is 13.2. The summed E-state index contributed by atoms with van der Waals surface area (Å²) in [6.07, 6.45) is 2.30. The number of carbonyl (C=O) groups is 1. The first kappa shape index (κ1) is 17.0. The molecular weight excluding hydrogens is 310 g/mol. The molecule has 1 atom stereocenters. The maximum absolute atomic E-state index is 12.2. The first-order valence-electron chi connectivity index (χ1n) is 7.51. The molecule has 1 amide bonds. The topological polar surface area (TPSA) is 53.5 Å². The molecule has 0 aliphatic rings. The number of amides is 1. The van der Waals surface area contributed by atoms with Gasteiger partial charge in [0.1, 0.15) is 6.04 Å². The van der Waals surface area contributed by atoms with E-state index in [4.69, 9.17) is 11.6 Å². The van der Waals surface area contributed by atoms with E-state index >= 15 is 0 Å². The molecule has 0 spiro atoms. The van der Waals surface area contributed by atoms with Crippen LogP contribution in [0.5, 0.6) is 0 Å². The average molecular weight is 330 g/mol. The van der Waals surface area contributed by atoms with Crippen LogP contribution in [0.15, 0.2) is 53.6 Å². The number of hydrazone groups is 1. The van der Waals surface area contributed by atoms with Crippen molar-refractivity contribution < 1.29 is 4.79 Å². The highest BCUT2D eigenvalue weighted by atomic mass is 35.5. The van der Waals surface area contributed by atoms with E-state index in [1.54, 1.807) is 18.3 Å². The fourth-order valence-electron chi connectivity index (χ4n) is 2.08.